The Labute approximate surface area is 90.7 Å². The van der Waals surface area contributed by atoms with Crippen LogP contribution < -0.4 is 5.73 Å². The third kappa shape index (κ3) is 1.10. The highest BCUT2D eigenvalue weighted by Crippen LogP contribution is 2.29. The number of aryl methyl sites for hydroxylation is 1. The molecule has 3 aromatic rings. The molecule has 0 radical (unpaired) electrons. The SMILES string of the molecule is Cn1nc(-c2ccco2)c2c(N)ncnc21. The number of anilines is 1. The minimum atomic E-state index is 0.407. The van der Waals surface area contributed by atoms with Gasteiger partial charge in [0, 0.05) is 7.05 Å². The number of furan rings is 1. The lowest BCUT2D eigenvalue weighted by atomic mass is 10.2. The van der Waals surface area contributed by atoms with Gasteiger partial charge in [-0.1, -0.05) is 0 Å². The van der Waals surface area contributed by atoms with Gasteiger partial charge in [0.2, 0.25) is 0 Å². The number of rotatable bonds is 1. The second-order valence-corrected chi connectivity index (χ2v) is 3.41. The number of aromatic nitrogens is 4. The van der Waals surface area contributed by atoms with Crippen molar-refractivity contribution in [1.29, 1.82) is 0 Å². The van der Waals surface area contributed by atoms with Gasteiger partial charge in [-0.05, 0) is 12.1 Å². The van der Waals surface area contributed by atoms with E-state index in [1.54, 1.807) is 24.1 Å². The first-order valence-electron chi connectivity index (χ1n) is 4.74. The molecule has 0 aromatic carbocycles. The maximum Gasteiger partial charge on any atom is 0.163 e. The third-order valence-electron chi connectivity index (χ3n) is 2.40. The zero-order chi connectivity index (χ0) is 11.1. The van der Waals surface area contributed by atoms with Gasteiger partial charge in [-0.15, -0.1) is 0 Å². The lowest BCUT2D eigenvalue weighted by molar-refractivity contribution is 0.578. The van der Waals surface area contributed by atoms with E-state index in [0.717, 1.165) is 5.39 Å². The maximum absolute atomic E-state index is 5.83. The monoisotopic (exact) mass is 215 g/mol. The Morgan fingerprint density at radius 2 is 2.25 bits per heavy atom. The quantitative estimate of drug-likeness (QED) is 0.659. The average molecular weight is 215 g/mol. The molecular formula is C10H9N5O. The molecule has 0 bridgehead atoms. The zero-order valence-corrected chi connectivity index (χ0v) is 8.58. The van der Waals surface area contributed by atoms with E-state index < -0.39 is 0 Å². The van der Waals surface area contributed by atoms with Crippen molar-refractivity contribution in [1.82, 2.24) is 19.7 Å². The van der Waals surface area contributed by atoms with Crippen molar-refractivity contribution < 1.29 is 4.42 Å². The van der Waals surface area contributed by atoms with Crippen LogP contribution in [-0.4, -0.2) is 19.7 Å². The van der Waals surface area contributed by atoms with E-state index in [2.05, 4.69) is 15.1 Å². The Kier molecular flexibility index (Phi) is 1.70. The van der Waals surface area contributed by atoms with Crippen LogP contribution in [0.15, 0.2) is 29.1 Å². The van der Waals surface area contributed by atoms with Crippen LogP contribution in [0.4, 0.5) is 5.82 Å². The molecule has 0 atom stereocenters. The molecule has 0 saturated carbocycles. The van der Waals surface area contributed by atoms with Crippen LogP contribution >= 0.6 is 0 Å². The van der Waals surface area contributed by atoms with Crippen molar-refractivity contribution >= 4 is 16.9 Å². The first kappa shape index (κ1) is 8.90. The molecule has 0 amide bonds. The minimum Gasteiger partial charge on any atom is -0.463 e. The Bertz CT molecular complexity index is 641. The predicted molar refractivity (Wildman–Crippen MR) is 58.4 cm³/mol. The highest BCUT2D eigenvalue weighted by atomic mass is 16.3. The summed E-state index contributed by atoms with van der Waals surface area (Å²) in [4.78, 5) is 8.10. The molecule has 0 aliphatic carbocycles. The number of hydrogen-bond acceptors (Lipinski definition) is 5. The first-order valence-corrected chi connectivity index (χ1v) is 4.74. The lowest BCUT2D eigenvalue weighted by Crippen LogP contribution is -1.95. The highest BCUT2D eigenvalue weighted by molar-refractivity contribution is 5.97. The molecular weight excluding hydrogens is 206 g/mol. The van der Waals surface area contributed by atoms with Crippen LogP contribution in [0, 0.1) is 0 Å². The van der Waals surface area contributed by atoms with Crippen molar-refractivity contribution in [3.8, 4) is 11.5 Å². The summed E-state index contributed by atoms with van der Waals surface area (Å²) in [6.45, 7) is 0. The summed E-state index contributed by atoms with van der Waals surface area (Å²) in [5.41, 5.74) is 7.19. The van der Waals surface area contributed by atoms with Crippen LogP contribution in [0.2, 0.25) is 0 Å². The lowest BCUT2D eigenvalue weighted by Gasteiger charge is -1.95. The summed E-state index contributed by atoms with van der Waals surface area (Å²) >= 11 is 0. The number of fused-ring (bicyclic) bond motifs is 1. The summed E-state index contributed by atoms with van der Waals surface area (Å²) in [5, 5.41) is 5.06. The zero-order valence-electron chi connectivity index (χ0n) is 8.58. The highest BCUT2D eigenvalue weighted by Gasteiger charge is 2.16. The third-order valence-corrected chi connectivity index (χ3v) is 2.40. The fraction of sp³-hybridized carbons (Fsp3) is 0.100. The second-order valence-electron chi connectivity index (χ2n) is 3.41. The minimum absolute atomic E-state index is 0.407. The van der Waals surface area contributed by atoms with Gasteiger partial charge in [-0.3, -0.25) is 0 Å². The molecule has 0 saturated heterocycles. The number of nitrogens with zero attached hydrogens (tertiary/aromatic N) is 4. The van der Waals surface area contributed by atoms with Gasteiger partial charge in [-0.2, -0.15) is 5.10 Å². The van der Waals surface area contributed by atoms with Crippen LogP contribution in [-0.2, 0) is 7.05 Å². The van der Waals surface area contributed by atoms with E-state index >= 15 is 0 Å². The van der Waals surface area contributed by atoms with E-state index in [9.17, 15) is 0 Å². The molecule has 3 heterocycles. The van der Waals surface area contributed by atoms with Gasteiger partial charge in [0.1, 0.15) is 17.8 Å². The number of nitrogens with two attached hydrogens (primary N) is 1. The maximum atomic E-state index is 5.83. The largest absolute Gasteiger partial charge is 0.463 e. The van der Waals surface area contributed by atoms with Crippen LogP contribution in [0.25, 0.3) is 22.5 Å². The van der Waals surface area contributed by atoms with Gasteiger partial charge < -0.3 is 10.2 Å². The van der Waals surface area contributed by atoms with E-state index in [-0.39, 0.29) is 0 Å². The molecule has 3 rings (SSSR count). The van der Waals surface area contributed by atoms with Crippen molar-refractivity contribution in [2.24, 2.45) is 7.05 Å². The summed E-state index contributed by atoms with van der Waals surface area (Å²) in [6, 6.07) is 3.63. The molecule has 80 valence electrons. The molecule has 3 aromatic heterocycles. The van der Waals surface area contributed by atoms with Crippen LogP contribution in [0.5, 0.6) is 0 Å². The van der Waals surface area contributed by atoms with E-state index in [4.69, 9.17) is 10.2 Å². The van der Waals surface area contributed by atoms with Crippen molar-refractivity contribution in [3.05, 3.63) is 24.7 Å². The fourth-order valence-corrected chi connectivity index (χ4v) is 1.70. The molecule has 0 unspecified atom stereocenters. The predicted octanol–water partition coefficient (Wildman–Crippen LogP) is 1.21. The molecule has 0 aliphatic rings. The molecule has 2 N–H and O–H groups in total. The molecule has 16 heavy (non-hydrogen) atoms. The van der Waals surface area contributed by atoms with Gasteiger partial charge in [-0.25, -0.2) is 14.6 Å². The average Bonchev–Trinajstić information content (AvgIpc) is 2.87. The Balaban J connectivity index is 2.42. The normalized spacial score (nSPS) is 11.1. The fourth-order valence-electron chi connectivity index (χ4n) is 1.70. The van der Waals surface area contributed by atoms with Crippen LogP contribution in [0.3, 0.4) is 0 Å². The molecule has 0 spiro atoms. The van der Waals surface area contributed by atoms with Crippen LogP contribution in [0.1, 0.15) is 0 Å². The smallest absolute Gasteiger partial charge is 0.163 e. The topological polar surface area (TPSA) is 82.8 Å². The summed E-state index contributed by atoms with van der Waals surface area (Å²) < 4.78 is 6.97. The number of hydrogen-bond donors (Lipinski definition) is 1. The van der Waals surface area contributed by atoms with Gasteiger partial charge in [0.25, 0.3) is 0 Å². The number of nitrogen functional groups attached to an aromatic ring is 1. The van der Waals surface area contributed by atoms with E-state index in [0.29, 0.717) is 22.9 Å². The molecule has 6 heteroatoms. The standard InChI is InChI=1S/C10H9N5O/c1-15-10-7(9(11)12-5-13-10)8(14-15)6-3-2-4-16-6/h2-5H,1H3,(H2,11,12,13). The van der Waals surface area contributed by atoms with E-state index in [1.807, 2.05) is 6.07 Å². The van der Waals surface area contributed by atoms with Gasteiger partial charge in [0.05, 0.1) is 11.6 Å². The van der Waals surface area contributed by atoms with Gasteiger partial charge >= 0.3 is 0 Å². The molecule has 6 nitrogen and oxygen atoms in total. The Hall–Kier alpha value is -2.37. The van der Waals surface area contributed by atoms with Crippen molar-refractivity contribution in [2.75, 3.05) is 5.73 Å². The second kappa shape index (κ2) is 3.06. The summed E-state index contributed by atoms with van der Waals surface area (Å²) in [5.74, 6) is 1.07. The Morgan fingerprint density at radius 3 is 3.00 bits per heavy atom. The first-order chi connectivity index (χ1) is 7.77. The summed E-state index contributed by atoms with van der Waals surface area (Å²) in [7, 11) is 1.81. The van der Waals surface area contributed by atoms with E-state index in [1.165, 1.54) is 6.33 Å². The summed E-state index contributed by atoms with van der Waals surface area (Å²) in [6.07, 6.45) is 3.01. The van der Waals surface area contributed by atoms with Gasteiger partial charge in [0.15, 0.2) is 11.4 Å². The Morgan fingerprint density at radius 1 is 1.38 bits per heavy atom. The molecule has 0 aliphatic heterocycles. The van der Waals surface area contributed by atoms with Crippen molar-refractivity contribution in [2.45, 2.75) is 0 Å². The van der Waals surface area contributed by atoms with Crippen molar-refractivity contribution in [3.63, 3.8) is 0 Å². The molecule has 0 fully saturated rings.